The Bertz CT molecular complexity index is 482. The second-order valence-corrected chi connectivity index (χ2v) is 3.72. The summed E-state index contributed by atoms with van der Waals surface area (Å²) in [5.74, 6) is 5.01. The lowest BCUT2D eigenvalue weighted by Crippen LogP contribution is -2.34. The molecule has 0 bridgehead atoms. The minimum atomic E-state index is -0.245. The molecule has 3 heteroatoms. The number of benzene rings is 1. The number of hydrogen-bond acceptors (Lipinski definition) is 2. The Morgan fingerprint density at radius 1 is 1.50 bits per heavy atom. The zero-order valence-electron chi connectivity index (χ0n) is 9.16. The molecule has 0 fully saturated rings. The molecule has 1 heterocycles. The van der Waals surface area contributed by atoms with Crippen LogP contribution in [-0.2, 0) is 11.2 Å². The number of phenolic OH excluding ortho intramolecular Hbond substituents is 1. The maximum absolute atomic E-state index is 11.8. The van der Waals surface area contributed by atoms with Crippen molar-refractivity contribution in [3.63, 3.8) is 0 Å². The molecule has 2 rings (SSSR count). The lowest BCUT2D eigenvalue weighted by molar-refractivity contribution is -0.113. The van der Waals surface area contributed by atoms with E-state index in [1.807, 2.05) is 6.07 Å². The molecule has 1 amide bonds. The van der Waals surface area contributed by atoms with Crippen molar-refractivity contribution >= 4 is 11.6 Å². The van der Waals surface area contributed by atoms with Crippen LogP contribution >= 0.6 is 0 Å². The number of phenols is 1. The maximum atomic E-state index is 11.8. The van der Waals surface area contributed by atoms with Crippen molar-refractivity contribution in [1.82, 2.24) is 0 Å². The van der Waals surface area contributed by atoms with Crippen molar-refractivity contribution in [3.8, 4) is 17.6 Å². The number of hydrogen-bond donors (Lipinski definition) is 1. The van der Waals surface area contributed by atoms with Gasteiger partial charge in [-0.1, -0.05) is 18.1 Å². The molecule has 0 radical (unpaired) electrons. The van der Waals surface area contributed by atoms with Crippen LogP contribution in [0.2, 0.25) is 0 Å². The number of anilines is 1. The number of carbonyl (C=O) groups is 1. The second-order valence-electron chi connectivity index (χ2n) is 3.72. The van der Waals surface area contributed by atoms with Crippen molar-refractivity contribution in [2.45, 2.75) is 19.8 Å². The third kappa shape index (κ3) is 1.74. The molecule has 0 saturated heterocycles. The lowest BCUT2D eigenvalue weighted by atomic mass is 10.0. The van der Waals surface area contributed by atoms with Crippen LogP contribution in [0.15, 0.2) is 18.2 Å². The number of amides is 1. The zero-order chi connectivity index (χ0) is 11.5. The Labute approximate surface area is 94.7 Å². The fourth-order valence-electron chi connectivity index (χ4n) is 2.01. The average molecular weight is 215 g/mol. The van der Waals surface area contributed by atoms with E-state index in [4.69, 9.17) is 0 Å². The van der Waals surface area contributed by atoms with E-state index in [9.17, 15) is 9.90 Å². The molecule has 1 aliphatic heterocycles. The van der Waals surface area contributed by atoms with E-state index in [0.717, 1.165) is 18.4 Å². The summed E-state index contributed by atoms with van der Waals surface area (Å²) in [7, 11) is 0. The molecule has 1 aliphatic rings. The molecule has 0 atom stereocenters. The fourth-order valence-corrected chi connectivity index (χ4v) is 2.01. The smallest absolute Gasteiger partial charge is 0.302 e. The number of aryl methyl sites for hydroxylation is 1. The summed E-state index contributed by atoms with van der Waals surface area (Å²) in [6.07, 6.45) is 1.81. The Balaban J connectivity index is 2.46. The Morgan fingerprint density at radius 3 is 3.06 bits per heavy atom. The normalized spacial score (nSPS) is 13.7. The van der Waals surface area contributed by atoms with Gasteiger partial charge in [-0.15, -0.1) is 0 Å². The third-order valence-corrected chi connectivity index (χ3v) is 2.67. The minimum Gasteiger partial charge on any atom is -0.506 e. The van der Waals surface area contributed by atoms with E-state index in [-0.39, 0.29) is 11.7 Å². The van der Waals surface area contributed by atoms with Gasteiger partial charge in [-0.2, -0.15) is 0 Å². The molecule has 0 aromatic heterocycles. The first-order chi connectivity index (χ1) is 7.74. The highest BCUT2D eigenvalue weighted by Gasteiger charge is 2.23. The van der Waals surface area contributed by atoms with Gasteiger partial charge in [0.2, 0.25) is 0 Å². The highest BCUT2D eigenvalue weighted by atomic mass is 16.3. The topological polar surface area (TPSA) is 40.5 Å². The van der Waals surface area contributed by atoms with Gasteiger partial charge in [0.25, 0.3) is 0 Å². The summed E-state index contributed by atoms with van der Waals surface area (Å²) in [6, 6.07) is 5.34. The highest BCUT2D eigenvalue weighted by molar-refractivity contribution is 6.07. The highest BCUT2D eigenvalue weighted by Crippen LogP contribution is 2.35. The first-order valence-electron chi connectivity index (χ1n) is 5.29. The van der Waals surface area contributed by atoms with Crippen LogP contribution in [0.1, 0.15) is 18.9 Å². The molecule has 3 nitrogen and oxygen atoms in total. The predicted octanol–water partition coefficient (Wildman–Crippen LogP) is 1.69. The van der Waals surface area contributed by atoms with Crippen molar-refractivity contribution < 1.29 is 9.90 Å². The van der Waals surface area contributed by atoms with Crippen molar-refractivity contribution in [3.05, 3.63) is 23.8 Å². The van der Waals surface area contributed by atoms with Crippen molar-refractivity contribution in [2.75, 3.05) is 11.4 Å². The maximum Gasteiger partial charge on any atom is 0.302 e. The second kappa shape index (κ2) is 4.28. The van der Waals surface area contributed by atoms with Crippen LogP contribution in [0, 0.1) is 11.8 Å². The van der Waals surface area contributed by atoms with Crippen LogP contribution in [0.25, 0.3) is 0 Å². The molecule has 1 N–H and O–H groups in total. The van der Waals surface area contributed by atoms with Crippen molar-refractivity contribution in [2.24, 2.45) is 0 Å². The molecule has 0 unspecified atom stereocenters. The summed E-state index contributed by atoms with van der Waals surface area (Å²) in [6.45, 7) is 2.26. The van der Waals surface area contributed by atoms with E-state index >= 15 is 0 Å². The zero-order valence-corrected chi connectivity index (χ0v) is 9.16. The Hall–Kier alpha value is -1.95. The van der Waals surface area contributed by atoms with Crippen LogP contribution in [-0.4, -0.2) is 17.6 Å². The molecular weight excluding hydrogens is 202 g/mol. The van der Waals surface area contributed by atoms with Crippen LogP contribution in [0.5, 0.6) is 5.75 Å². The number of fused-ring (bicyclic) bond motifs is 1. The van der Waals surface area contributed by atoms with Gasteiger partial charge in [0.1, 0.15) is 5.75 Å². The predicted molar refractivity (Wildman–Crippen MR) is 62.2 cm³/mol. The summed E-state index contributed by atoms with van der Waals surface area (Å²) < 4.78 is 0. The monoisotopic (exact) mass is 215 g/mol. The largest absolute Gasteiger partial charge is 0.506 e. The van der Waals surface area contributed by atoms with Gasteiger partial charge in [0.15, 0.2) is 0 Å². The van der Waals surface area contributed by atoms with Gasteiger partial charge in [0.05, 0.1) is 5.69 Å². The van der Waals surface area contributed by atoms with E-state index < -0.39 is 0 Å². The van der Waals surface area contributed by atoms with Gasteiger partial charge in [-0.05, 0) is 37.3 Å². The molecule has 82 valence electrons. The van der Waals surface area contributed by atoms with Gasteiger partial charge < -0.3 is 5.11 Å². The number of carbonyl (C=O) groups excluding carboxylic acids is 1. The average Bonchev–Trinajstić information content (AvgIpc) is 2.29. The van der Waals surface area contributed by atoms with E-state index in [2.05, 4.69) is 11.8 Å². The van der Waals surface area contributed by atoms with Crippen molar-refractivity contribution in [1.29, 1.82) is 0 Å². The third-order valence-electron chi connectivity index (χ3n) is 2.67. The van der Waals surface area contributed by atoms with E-state index in [1.165, 1.54) is 0 Å². The molecule has 0 saturated carbocycles. The number of nitrogens with zero attached hydrogens (tertiary/aromatic N) is 1. The number of rotatable bonds is 0. The Kier molecular flexibility index (Phi) is 2.82. The quantitative estimate of drug-likeness (QED) is 0.669. The molecule has 0 spiro atoms. The molecule has 1 aromatic rings. The summed E-state index contributed by atoms with van der Waals surface area (Å²) in [5, 5.41) is 9.80. The van der Waals surface area contributed by atoms with E-state index in [1.54, 1.807) is 24.0 Å². The minimum absolute atomic E-state index is 0.156. The number of para-hydroxylation sites is 1. The summed E-state index contributed by atoms with van der Waals surface area (Å²) in [4.78, 5) is 13.3. The molecular formula is C13H13NO2. The van der Waals surface area contributed by atoms with Crippen LogP contribution in [0.4, 0.5) is 5.69 Å². The molecule has 0 aliphatic carbocycles. The first-order valence-corrected chi connectivity index (χ1v) is 5.29. The van der Waals surface area contributed by atoms with E-state index in [0.29, 0.717) is 12.2 Å². The Morgan fingerprint density at radius 2 is 2.31 bits per heavy atom. The number of aromatic hydroxyl groups is 1. The molecule has 1 aromatic carbocycles. The van der Waals surface area contributed by atoms with Gasteiger partial charge >= 0.3 is 5.91 Å². The standard InChI is InChI=1S/C13H13NO2/c1-2-5-12(16)14-9-4-7-10-6-3-8-11(15)13(10)14/h3,6,8,15H,4,7,9H2,1H3. The molecule has 16 heavy (non-hydrogen) atoms. The fraction of sp³-hybridized carbons (Fsp3) is 0.308. The van der Waals surface area contributed by atoms with Crippen LogP contribution < -0.4 is 4.90 Å². The lowest BCUT2D eigenvalue weighted by Gasteiger charge is -2.28. The SMILES string of the molecule is CC#CC(=O)N1CCCc2cccc(O)c21. The van der Waals surface area contributed by atoms with Gasteiger partial charge in [0, 0.05) is 6.54 Å². The first kappa shape index (κ1) is 10.6. The summed E-state index contributed by atoms with van der Waals surface area (Å²) in [5.41, 5.74) is 1.64. The van der Waals surface area contributed by atoms with Gasteiger partial charge in [-0.3, -0.25) is 9.69 Å². The summed E-state index contributed by atoms with van der Waals surface area (Å²) >= 11 is 0. The van der Waals surface area contributed by atoms with Gasteiger partial charge in [-0.25, -0.2) is 0 Å². The van der Waals surface area contributed by atoms with Crippen LogP contribution in [0.3, 0.4) is 0 Å².